The van der Waals surface area contributed by atoms with Gasteiger partial charge in [0.2, 0.25) is 0 Å². The zero-order valence-electron chi connectivity index (χ0n) is 9.59. The number of aliphatic hydroxyl groups is 1. The quantitative estimate of drug-likeness (QED) is 0.800. The van der Waals surface area contributed by atoms with Crippen LogP contribution in [0.3, 0.4) is 0 Å². The predicted octanol–water partition coefficient (Wildman–Crippen LogP) is 1.85. The molecule has 3 nitrogen and oxygen atoms in total. The molecular weight excluding hydrogens is 254 g/mol. The molecule has 0 aliphatic rings. The Hall–Kier alpha value is -1.34. The van der Waals surface area contributed by atoms with Crippen LogP contribution < -0.4 is 10.1 Å². The maximum atomic E-state index is 12.9. The minimum atomic E-state index is -4.73. The molecule has 0 heterocycles. The van der Waals surface area contributed by atoms with Crippen molar-refractivity contribution in [1.29, 1.82) is 0 Å². The third-order valence-electron chi connectivity index (χ3n) is 2.16. The van der Waals surface area contributed by atoms with Crippen LogP contribution in [0.5, 0.6) is 5.75 Å². The number of aliphatic hydroxyl groups excluding tert-OH is 1. The number of hydrogen-bond acceptors (Lipinski definition) is 3. The van der Waals surface area contributed by atoms with Crippen LogP contribution in [0.2, 0.25) is 0 Å². The van der Waals surface area contributed by atoms with Crippen molar-refractivity contribution in [2.75, 3.05) is 13.7 Å². The van der Waals surface area contributed by atoms with Crippen LogP contribution >= 0.6 is 0 Å². The van der Waals surface area contributed by atoms with E-state index in [2.05, 4.69) is 5.32 Å². The summed E-state index contributed by atoms with van der Waals surface area (Å²) < 4.78 is 54.0. The minimum absolute atomic E-state index is 0.106. The van der Waals surface area contributed by atoms with Crippen LogP contribution in [0, 0.1) is 5.82 Å². The summed E-state index contributed by atoms with van der Waals surface area (Å²) in [5, 5.41) is 11.5. The van der Waals surface area contributed by atoms with Crippen LogP contribution in [0.15, 0.2) is 18.2 Å². The van der Waals surface area contributed by atoms with Crippen LogP contribution in [0.25, 0.3) is 0 Å². The molecule has 0 radical (unpaired) electrons. The Morgan fingerprint density at radius 3 is 2.61 bits per heavy atom. The second-order valence-corrected chi connectivity index (χ2v) is 3.65. The molecule has 1 aromatic carbocycles. The summed E-state index contributed by atoms with van der Waals surface area (Å²) in [6.07, 6.45) is -7.30. The molecule has 1 atom stereocenters. The number of nitrogens with one attached hydrogen (secondary N) is 1. The van der Waals surface area contributed by atoms with E-state index in [1.807, 2.05) is 0 Å². The molecule has 0 aliphatic heterocycles. The topological polar surface area (TPSA) is 41.5 Å². The van der Waals surface area contributed by atoms with Crippen molar-refractivity contribution in [2.24, 2.45) is 0 Å². The zero-order valence-corrected chi connectivity index (χ0v) is 9.59. The highest BCUT2D eigenvalue weighted by Gasteiger charge is 2.38. The third kappa shape index (κ3) is 4.15. The molecule has 0 saturated heterocycles. The molecule has 102 valence electrons. The fourth-order valence-electron chi connectivity index (χ4n) is 1.28. The fourth-order valence-corrected chi connectivity index (χ4v) is 1.28. The first kappa shape index (κ1) is 14.7. The summed E-state index contributed by atoms with van der Waals surface area (Å²) in [5.41, 5.74) is 0.381. The van der Waals surface area contributed by atoms with E-state index in [-0.39, 0.29) is 12.3 Å². The van der Waals surface area contributed by atoms with Crippen LogP contribution in [0.1, 0.15) is 5.56 Å². The number of rotatable bonds is 5. The van der Waals surface area contributed by atoms with Crippen molar-refractivity contribution < 1.29 is 27.4 Å². The maximum absolute atomic E-state index is 12.9. The Labute approximate surface area is 101 Å². The lowest BCUT2D eigenvalue weighted by atomic mass is 10.2. The molecule has 0 aliphatic carbocycles. The molecule has 18 heavy (non-hydrogen) atoms. The van der Waals surface area contributed by atoms with Gasteiger partial charge in [-0.05, 0) is 25.2 Å². The van der Waals surface area contributed by atoms with Gasteiger partial charge < -0.3 is 15.2 Å². The van der Waals surface area contributed by atoms with Crippen molar-refractivity contribution in [3.8, 4) is 5.75 Å². The number of benzene rings is 1. The lowest BCUT2D eigenvalue weighted by molar-refractivity contribution is -0.210. The Bertz CT molecular complexity index is 395. The Kier molecular flexibility index (Phi) is 4.92. The SMILES string of the molecule is CNCc1cc(F)ccc1OCC(O)C(F)(F)F. The zero-order chi connectivity index (χ0) is 13.8. The van der Waals surface area contributed by atoms with Gasteiger partial charge in [0.1, 0.15) is 18.2 Å². The van der Waals surface area contributed by atoms with Crippen molar-refractivity contribution in [3.63, 3.8) is 0 Å². The average Bonchev–Trinajstić information content (AvgIpc) is 2.26. The molecule has 0 saturated carbocycles. The smallest absolute Gasteiger partial charge is 0.417 e. The minimum Gasteiger partial charge on any atom is -0.490 e. The lowest BCUT2D eigenvalue weighted by Gasteiger charge is -2.17. The van der Waals surface area contributed by atoms with E-state index < -0.39 is 24.7 Å². The van der Waals surface area contributed by atoms with Crippen LogP contribution in [-0.4, -0.2) is 31.0 Å². The van der Waals surface area contributed by atoms with E-state index in [1.165, 1.54) is 6.07 Å². The fraction of sp³-hybridized carbons (Fsp3) is 0.455. The molecule has 1 rings (SSSR count). The van der Waals surface area contributed by atoms with Gasteiger partial charge in [-0.2, -0.15) is 13.2 Å². The Morgan fingerprint density at radius 1 is 1.39 bits per heavy atom. The molecule has 2 N–H and O–H groups in total. The van der Waals surface area contributed by atoms with E-state index in [0.29, 0.717) is 5.56 Å². The van der Waals surface area contributed by atoms with Gasteiger partial charge in [-0.3, -0.25) is 0 Å². The van der Waals surface area contributed by atoms with Gasteiger partial charge in [0, 0.05) is 12.1 Å². The van der Waals surface area contributed by atoms with E-state index in [4.69, 9.17) is 9.84 Å². The largest absolute Gasteiger partial charge is 0.490 e. The molecule has 0 aromatic heterocycles. The number of alkyl halides is 3. The number of ether oxygens (including phenoxy) is 1. The number of hydrogen-bond donors (Lipinski definition) is 2. The summed E-state index contributed by atoms with van der Waals surface area (Å²) in [4.78, 5) is 0. The second kappa shape index (κ2) is 6.01. The molecule has 1 unspecified atom stereocenters. The van der Waals surface area contributed by atoms with Gasteiger partial charge in [0.25, 0.3) is 0 Å². The normalized spacial score (nSPS) is 13.4. The summed E-state index contributed by atoms with van der Waals surface area (Å²) in [5.74, 6) is -0.405. The molecule has 0 fully saturated rings. The summed E-state index contributed by atoms with van der Waals surface area (Å²) >= 11 is 0. The monoisotopic (exact) mass is 267 g/mol. The average molecular weight is 267 g/mol. The highest BCUT2D eigenvalue weighted by atomic mass is 19.4. The number of halogens is 4. The van der Waals surface area contributed by atoms with Gasteiger partial charge in [-0.15, -0.1) is 0 Å². The van der Waals surface area contributed by atoms with E-state index in [9.17, 15) is 17.6 Å². The van der Waals surface area contributed by atoms with E-state index >= 15 is 0 Å². The van der Waals surface area contributed by atoms with Gasteiger partial charge >= 0.3 is 6.18 Å². The third-order valence-corrected chi connectivity index (χ3v) is 2.16. The van der Waals surface area contributed by atoms with E-state index in [0.717, 1.165) is 12.1 Å². The highest BCUT2D eigenvalue weighted by Crippen LogP contribution is 2.23. The van der Waals surface area contributed by atoms with Crippen molar-refractivity contribution >= 4 is 0 Å². The summed E-state index contributed by atoms with van der Waals surface area (Å²) in [7, 11) is 1.61. The molecule has 0 spiro atoms. The van der Waals surface area contributed by atoms with Gasteiger partial charge in [0.05, 0.1) is 0 Å². The van der Waals surface area contributed by atoms with Crippen molar-refractivity contribution in [1.82, 2.24) is 5.32 Å². The maximum Gasteiger partial charge on any atom is 0.417 e. The highest BCUT2D eigenvalue weighted by molar-refractivity contribution is 5.33. The van der Waals surface area contributed by atoms with Crippen molar-refractivity contribution in [3.05, 3.63) is 29.6 Å². The molecular formula is C11H13F4NO2. The Balaban J connectivity index is 2.72. The second-order valence-electron chi connectivity index (χ2n) is 3.65. The lowest BCUT2D eigenvalue weighted by Crippen LogP contribution is -2.34. The van der Waals surface area contributed by atoms with Crippen molar-refractivity contribution in [2.45, 2.75) is 18.8 Å². The molecule has 1 aromatic rings. The first-order chi connectivity index (χ1) is 8.34. The Morgan fingerprint density at radius 2 is 2.06 bits per heavy atom. The molecule has 7 heteroatoms. The molecule has 0 amide bonds. The van der Waals surface area contributed by atoms with Gasteiger partial charge in [0.15, 0.2) is 6.10 Å². The van der Waals surface area contributed by atoms with Gasteiger partial charge in [-0.1, -0.05) is 0 Å². The first-order valence-electron chi connectivity index (χ1n) is 5.15. The first-order valence-corrected chi connectivity index (χ1v) is 5.15. The standard InChI is InChI=1S/C11H13F4NO2/c1-16-5-7-4-8(12)2-3-9(7)18-6-10(17)11(13,14)15/h2-4,10,16-17H,5-6H2,1H3. The van der Waals surface area contributed by atoms with Gasteiger partial charge in [-0.25, -0.2) is 4.39 Å². The summed E-state index contributed by atoms with van der Waals surface area (Å²) in [6.45, 7) is -0.680. The van der Waals surface area contributed by atoms with Crippen LogP contribution in [-0.2, 0) is 6.54 Å². The molecule has 0 bridgehead atoms. The van der Waals surface area contributed by atoms with Crippen LogP contribution in [0.4, 0.5) is 17.6 Å². The van der Waals surface area contributed by atoms with E-state index in [1.54, 1.807) is 7.05 Å². The predicted molar refractivity (Wildman–Crippen MR) is 56.7 cm³/mol. The summed E-state index contributed by atoms with van der Waals surface area (Å²) in [6, 6.07) is 3.46.